The van der Waals surface area contributed by atoms with Crippen molar-refractivity contribution in [1.29, 1.82) is 0 Å². The molecule has 1 aliphatic rings. The molecule has 0 radical (unpaired) electrons. The fourth-order valence-electron chi connectivity index (χ4n) is 2.09. The molecule has 20 heavy (non-hydrogen) atoms. The second kappa shape index (κ2) is 6.16. The Hall–Kier alpha value is -1.04. The predicted octanol–water partition coefficient (Wildman–Crippen LogP) is 2.39. The standard InChI is InChI=1S/C12H12Cl3N3O2/c1-2-7-11(19)16-3-4-18(7)12(20)10-9(15)8(14)6(13)5-17-10/h5,7H,2-4H2,1H3,(H,16,19). The van der Waals surface area contributed by atoms with E-state index in [1.54, 1.807) is 0 Å². The lowest BCUT2D eigenvalue weighted by Gasteiger charge is -2.34. The van der Waals surface area contributed by atoms with Gasteiger partial charge in [0.2, 0.25) is 5.91 Å². The third kappa shape index (κ3) is 2.71. The molecule has 0 aliphatic carbocycles. The first-order valence-electron chi connectivity index (χ1n) is 6.05. The number of carbonyl (C=O) groups is 2. The second-order valence-electron chi connectivity index (χ2n) is 4.30. The lowest BCUT2D eigenvalue weighted by Crippen LogP contribution is -2.57. The molecule has 1 aliphatic heterocycles. The SMILES string of the molecule is CCC1C(=O)NCCN1C(=O)c1ncc(Cl)c(Cl)c1Cl. The smallest absolute Gasteiger partial charge is 0.274 e. The summed E-state index contributed by atoms with van der Waals surface area (Å²) < 4.78 is 0. The number of rotatable bonds is 2. The molecule has 1 fully saturated rings. The van der Waals surface area contributed by atoms with E-state index in [1.165, 1.54) is 11.1 Å². The normalized spacial score (nSPS) is 18.9. The summed E-state index contributed by atoms with van der Waals surface area (Å²) in [6, 6.07) is -0.524. The highest BCUT2D eigenvalue weighted by Crippen LogP contribution is 2.32. The van der Waals surface area contributed by atoms with Gasteiger partial charge >= 0.3 is 0 Å². The van der Waals surface area contributed by atoms with Crippen LogP contribution in [0, 0.1) is 0 Å². The number of amides is 2. The minimum atomic E-state index is -0.524. The maximum Gasteiger partial charge on any atom is 0.274 e. The van der Waals surface area contributed by atoms with Crippen molar-refractivity contribution in [3.8, 4) is 0 Å². The molecule has 0 saturated carbocycles. The van der Waals surface area contributed by atoms with Crippen molar-refractivity contribution in [2.45, 2.75) is 19.4 Å². The van der Waals surface area contributed by atoms with Gasteiger partial charge in [0.15, 0.2) is 0 Å². The second-order valence-corrected chi connectivity index (χ2v) is 5.46. The molecule has 1 unspecified atom stereocenters. The summed E-state index contributed by atoms with van der Waals surface area (Å²) in [6.45, 7) is 2.64. The van der Waals surface area contributed by atoms with Crippen LogP contribution in [0.3, 0.4) is 0 Å². The van der Waals surface area contributed by atoms with Gasteiger partial charge in [-0.2, -0.15) is 0 Å². The van der Waals surface area contributed by atoms with Crippen molar-refractivity contribution >= 4 is 46.6 Å². The molecule has 2 heterocycles. The number of hydrogen-bond donors (Lipinski definition) is 1. The Morgan fingerprint density at radius 3 is 2.80 bits per heavy atom. The molecular formula is C12H12Cl3N3O2. The molecule has 0 bridgehead atoms. The first kappa shape index (κ1) is 15.4. The third-order valence-corrected chi connectivity index (χ3v) is 4.34. The van der Waals surface area contributed by atoms with Gasteiger partial charge in [-0.25, -0.2) is 4.98 Å². The van der Waals surface area contributed by atoms with Crippen molar-refractivity contribution < 1.29 is 9.59 Å². The molecule has 2 amide bonds. The molecule has 0 aromatic carbocycles. The van der Waals surface area contributed by atoms with Crippen LogP contribution in [0.25, 0.3) is 0 Å². The molecule has 2 rings (SSSR count). The highest BCUT2D eigenvalue weighted by atomic mass is 35.5. The maximum absolute atomic E-state index is 12.5. The van der Waals surface area contributed by atoms with E-state index in [4.69, 9.17) is 34.8 Å². The molecule has 108 valence electrons. The zero-order chi connectivity index (χ0) is 14.9. The largest absolute Gasteiger partial charge is 0.353 e. The van der Waals surface area contributed by atoms with Gasteiger partial charge in [-0.05, 0) is 6.42 Å². The Kier molecular flexibility index (Phi) is 4.73. The van der Waals surface area contributed by atoms with Gasteiger partial charge in [0.1, 0.15) is 11.7 Å². The summed E-state index contributed by atoms with van der Waals surface area (Å²) in [7, 11) is 0. The molecule has 1 N–H and O–H groups in total. The van der Waals surface area contributed by atoms with E-state index >= 15 is 0 Å². The van der Waals surface area contributed by atoms with Gasteiger partial charge in [0.25, 0.3) is 5.91 Å². The van der Waals surface area contributed by atoms with Gasteiger partial charge in [-0.3, -0.25) is 9.59 Å². The Balaban J connectivity index is 2.35. The minimum Gasteiger partial charge on any atom is -0.353 e. The van der Waals surface area contributed by atoms with Crippen LogP contribution in [-0.2, 0) is 4.79 Å². The summed E-state index contributed by atoms with van der Waals surface area (Å²) in [6.07, 6.45) is 1.78. The molecule has 1 aromatic heterocycles. The lowest BCUT2D eigenvalue weighted by atomic mass is 10.1. The zero-order valence-electron chi connectivity index (χ0n) is 10.6. The fraction of sp³-hybridized carbons (Fsp3) is 0.417. The summed E-state index contributed by atoms with van der Waals surface area (Å²) in [4.78, 5) is 29.7. The number of pyridine rings is 1. The number of nitrogens with zero attached hydrogens (tertiary/aromatic N) is 2. The van der Waals surface area contributed by atoms with Crippen LogP contribution >= 0.6 is 34.8 Å². The molecular weight excluding hydrogens is 325 g/mol. The number of aromatic nitrogens is 1. The lowest BCUT2D eigenvalue weighted by molar-refractivity contribution is -0.127. The average molecular weight is 337 g/mol. The van der Waals surface area contributed by atoms with Crippen LogP contribution in [0.4, 0.5) is 0 Å². The van der Waals surface area contributed by atoms with Gasteiger partial charge < -0.3 is 10.2 Å². The first-order valence-corrected chi connectivity index (χ1v) is 7.19. The minimum absolute atomic E-state index is 0.00463. The number of hydrogen-bond acceptors (Lipinski definition) is 3. The number of halogens is 3. The van der Waals surface area contributed by atoms with Crippen LogP contribution in [0.1, 0.15) is 23.8 Å². The Morgan fingerprint density at radius 2 is 2.15 bits per heavy atom. The Morgan fingerprint density at radius 1 is 1.45 bits per heavy atom. The molecule has 1 aromatic rings. The Labute approximate surface area is 131 Å². The van der Waals surface area contributed by atoms with E-state index in [1.807, 2.05) is 6.92 Å². The first-order chi connectivity index (χ1) is 9.47. The van der Waals surface area contributed by atoms with Crippen LogP contribution in [0.5, 0.6) is 0 Å². The molecule has 0 spiro atoms. The summed E-state index contributed by atoms with van der Waals surface area (Å²) in [5.74, 6) is -0.599. The topological polar surface area (TPSA) is 62.3 Å². The van der Waals surface area contributed by atoms with E-state index in [0.29, 0.717) is 19.5 Å². The quantitative estimate of drug-likeness (QED) is 0.902. The monoisotopic (exact) mass is 335 g/mol. The van der Waals surface area contributed by atoms with Crippen molar-refractivity contribution in [2.75, 3.05) is 13.1 Å². The molecule has 8 heteroatoms. The van der Waals surface area contributed by atoms with Crippen LogP contribution in [0.2, 0.25) is 15.1 Å². The average Bonchev–Trinajstić information content (AvgIpc) is 2.44. The van der Waals surface area contributed by atoms with E-state index in [-0.39, 0.29) is 26.7 Å². The van der Waals surface area contributed by atoms with Crippen molar-refractivity contribution in [1.82, 2.24) is 15.2 Å². The van der Waals surface area contributed by atoms with Crippen molar-refractivity contribution in [2.24, 2.45) is 0 Å². The maximum atomic E-state index is 12.5. The number of carbonyl (C=O) groups excluding carboxylic acids is 2. The van der Waals surface area contributed by atoms with Crippen molar-refractivity contribution in [3.05, 3.63) is 27.0 Å². The summed E-state index contributed by atoms with van der Waals surface area (Å²) in [5.41, 5.74) is 0.00853. The summed E-state index contributed by atoms with van der Waals surface area (Å²) in [5, 5.41) is 2.99. The number of nitrogens with one attached hydrogen (secondary N) is 1. The molecule has 5 nitrogen and oxygen atoms in total. The van der Waals surface area contributed by atoms with Crippen molar-refractivity contribution in [3.63, 3.8) is 0 Å². The van der Waals surface area contributed by atoms with E-state index in [0.717, 1.165) is 0 Å². The predicted molar refractivity (Wildman–Crippen MR) is 77.4 cm³/mol. The molecule has 1 atom stereocenters. The van der Waals surface area contributed by atoms with Gasteiger partial charge in [-0.1, -0.05) is 41.7 Å². The fourth-order valence-corrected chi connectivity index (χ4v) is 2.65. The van der Waals surface area contributed by atoms with E-state index < -0.39 is 11.9 Å². The van der Waals surface area contributed by atoms with Gasteiger partial charge in [-0.15, -0.1) is 0 Å². The summed E-state index contributed by atoms with van der Waals surface area (Å²) >= 11 is 17.7. The van der Waals surface area contributed by atoms with Gasteiger partial charge in [0.05, 0.1) is 15.1 Å². The highest BCUT2D eigenvalue weighted by Gasteiger charge is 2.34. The van der Waals surface area contributed by atoms with Crippen LogP contribution < -0.4 is 5.32 Å². The van der Waals surface area contributed by atoms with E-state index in [9.17, 15) is 9.59 Å². The Bertz CT molecular complexity index is 565. The van der Waals surface area contributed by atoms with E-state index in [2.05, 4.69) is 10.3 Å². The number of piperazine rings is 1. The van der Waals surface area contributed by atoms with Crippen LogP contribution in [-0.4, -0.2) is 40.8 Å². The molecule has 1 saturated heterocycles. The zero-order valence-corrected chi connectivity index (χ0v) is 12.9. The van der Waals surface area contributed by atoms with Gasteiger partial charge in [0, 0.05) is 19.3 Å². The third-order valence-electron chi connectivity index (χ3n) is 3.10. The van der Waals surface area contributed by atoms with Crippen LogP contribution in [0.15, 0.2) is 6.20 Å². The highest BCUT2D eigenvalue weighted by molar-refractivity contribution is 6.48.